The van der Waals surface area contributed by atoms with Crippen LogP contribution in [0.3, 0.4) is 0 Å². The summed E-state index contributed by atoms with van der Waals surface area (Å²) < 4.78 is 0. The molecule has 0 spiro atoms. The molecule has 18 heavy (non-hydrogen) atoms. The summed E-state index contributed by atoms with van der Waals surface area (Å²) in [6.45, 7) is 0.663. The van der Waals surface area contributed by atoms with Crippen molar-refractivity contribution in [2.75, 3.05) is 13.6 Å². The highest BCUT2D eigenvalue weighted by atomic mass is 16.3. The number of nitriles is 1. The third-order valence-corrected chi connectivity index (χ3v) is 3.83. The van der Waals surface area contributed by atoms with Crippen LogP contribution in [0.2, 0.25) is 0 Å². The van der Waals surface area contributed by atoms with E-state index in [0.717, 1.165) is 5.56 Å². The maximum absolute atomic E-state index is 10.2. The second kappa shape index (κ2) is 5.99. The number of aliphatic hydroxyl groups is 1. The van der Waals surface area contributed by atoms with Crippen molar-refractivity contribution in [2.24, 2.45) is 0 Å². The molecule has 1 unspecified atom stereocenters. The fourth-order valence-electron chi connectivity index (χ4n) is 2.65. The Kier molecular flexibility index (Phi) is 4.35. The van der Waals surface area contributed by atoms with Gasteiger partial charge in [0.05, 0.1) is 17.7 Å². The molecule has 0 bridgehead atoms. The molecule has 1 saturated carbocycles. The smallest absolute Gasteiger partial charge is 0.0991 e. The molecule has 0 radical (unpaired) electrons. The zero-order valence-electron chi connectivity index (χ0n) is 10.8. The number of aliphatic hydroxyl groups excluding tert-OH is 1. The Labute approximate surface area is 109 Å². The van der Waals surface area contributed by atoms with Crippen LogP contribution in [0.25, 0.3) is 0 Å². The molecular weight excluding hydrogens is 224 g/mol. The van der Waals surface area contributed by atoms with E-state index in [2.05, 4.69) is 18.0 Å². The first-order valence-electron chi connectivity index (χ1n) is 6.59. The summed E-state index contributed by atoms with van der Waals surface area (Å²) in [7, 11) is 2.09. The lowest BCUT2D eigenvalue weighted by molar-refractivity contribution is 0.105. The van der Waals surface area contributed by atoms with Gasteiger partial charge in [-0.1, -0.05) is 25.0 Å². The van der Waals surface area contributed by atoms with Gasteiger partial charge in [0.1, 0.15) is 0 Å². The predicted molar refractivity (Wildman–Crippen MR) is 71.0 cm³/mol. The van der Waals surface area contributed by atoms with Crippen LogP contribution in [0.4, 0.5) is 0 Å². The quantitative estimate of drug-likeness (QED) is 0.885. The van der Waals surface area contributed by atoms with Crippen molar-refractivity contribution in [1.82, 2.24) is 4.90 Å². The van der Waals surface area contributed by atoms with E-state index in [9.17, 15) is 5.11 Å². The van der Waals surface area contributed by atoms with E-state index < -0.39 is 6.10 Å². The van der Waals surface area contributed by atoms with Crippen molar-refractivity contribution in [1.29, 1.82) is 5.26 Å². The van der Waals surface area contributed by atoms with Crippen LogP contribution in [-0.2, 0) is 0 Å². The average molecular weight is 244 g/mol. The highest BCUT2D eigenvalue weighted by molar-refractivity contribution is 5.32. The number of rotatable bonds is 4. The molecule has 1 aliphatic rings. The van der Waals surface area contributed by atoms with Gasteiger partial charge in [0.15, 0.2) is 0 Å². The Hall–Kier alpha value is -1.37. The van der Waals surface area contributed by atoms with E-state index >= 15 is 0 Å². The number of nitrogens with zero attached hydrogens (tertiary/aromatic N) is 2. The number of likely N-dealkylation sites (N-methyl/N-ethyl adjacent to an activating group) is 1. The summed E-state index contributed by atoms with van der Waals surface area (Å²) in [4.78, 5) is 2.26. The van der Waals surface area contributed by atoms with Crippen molar-refractivity contribution < 1.29 is 5.11 Å². The topological polar surface area (TPSA) is 47.3 Å². The van der Waals surface area contributed by atoms with Crippen molar-refractivity contribution in [2.45, 2.75) is 37.8 Å². The maximum Gasteiger partial charge on any atom is 0.0991 e. The molecule has 2 rings (SSSR count). The molecule has 0 saturated heterocycles. The highest BCUT2D eigenvalue weighted by Crippen LogP contribution is 2.24. The molecule has 0 amide bonds. The summed E-state index contributed by atoms with van der Waals surface area (Å²) in [6, 6.07) is 9.90. The van der Waals surface area contributed by atoms with Crippen LogP contribution in [0.1, 0.15) is 42.9 Å². The highest BCUT2D eigenvalue weighted by Gasteiger charge is 2.21. The lowest BCUT2D eigenvalue weighted by Gasteiger charge is -2.26. The lowest BCUT2D eigenvalue weighted by atomic mass is 10.1. The van der Waals surface area contributed by atoms with Gasteiger partial charge in [-0.05, 0) is 37.6 Å². The van der Waals surface area contributed by atoms with Gasteiger partial charge in [0.25, 0.3) is 0 Å². The van der Waals surface area contributed by atoms with E-state index in [-0.39, 0.29) is 0 Å². The number of benzene rings is 1. The van der Waals surface area contributed by atoms with E-state index in [1.165, 1.54) is 25.7 Å². The predicted octanol–water partition coefficient (Wildman–Crippen LogP) is 2.47. The van der Waals surface area contributed by atoms with Crippen molar-refractivity contribution in [3.8, 4) is 6.07 Å². The second-order valence-corrected chi connectivity index (χ2v) is 5.13. The molecule has 3 heteroatoms. The van der Waals surface area contributed by atoms with Gasteiger partial charge >= 0.3 is 0 Å². The van der Waals surface area contributed by atoms with Crippen LogP contribution in [0, 0.1) is 11.3 Å². The van der Waals surface area contributed by atoms with Crippen LogP contribution in [-0.4, -0.2) is 29.6 Å². The molecule has 3 nitrogen and oxygen atoms in total. The van der Waals surface area contributed by atoms with Crippen molar-refractivity contribution in [3.63, 3.8) is 0 Å². The maximum atomic E-state index is 10.2. The molecular formula is C15H20N2O. The van der Waals surface area contributed by atoms with Crippen molar-refractivity contribution in [3.05, 3.63) is 35.4 Å². The molecule has 0 aromatic heterocycles. The molecule has 1 aliphatic carbocycles. The van der Waals surface area contributed by atoms with Crippen LogP contribution in [0.5, 0.6) is 0 Å². The molecule has 0 heterocycles. The minimum atomic E-state index is -0.469. The fraction of sp³-hybridized carbons (Fsp3) is 0.533. The minimum absolute atomic E-state index is 0.469. The Morgan fingerprint density at radius 1 is 1.33 bits per heavy atom. The van der Waals surface area contributed by atoms with E-state index in [1.807, 2.05) is 12.1 Å². The summed E-state index contributed by atoms with van der Waals surface area (Å²) in [5, 5.41) is 18.9. The van der Waals surface area contributed by atoms with Gasteiger partial charge in [-0.2, -0.15) is 5.26 Å². The number of hydrogen-bond acceptors (Lipinski definition) is 3. The number of hydrogen-bond donors (Lipinski definition) is 1. The monoisotopic (exact) mass is 244 g/mol. The van der Waals surface area contributed by atoms with Crippen molar-refractivity contribution >= 4 is 0 Å². The normalized spacial score (nSPS) is 17.9. The van der Waals surface area contributed by atoms with Gasteiger partial charge in [0, 0.05) is 12.6 Å². The second-order valence-electron chi connectivity index (χ2n) is 5.13. The Balaban J connectivity index is 1.93. The van der Waals surface area contributed by atoms with Gasteiger partial charge in [-0.25, -0.2) is 0 Å². The Morgan fingerprint density at radius 2 is 1.94 bits per heavy atom. The zero-order chi connectivity index (χ0) is 13.0. The van der Waals surface area contributed by atoms with E-state index in [1.54, 1.807) is 12.1 Å². The third kappa shape index (κ3) is 3.10. The third-order valence-electron chi connectivity index (χ3n) is 3.83. The summed E-state index contributed by atoms with van der Waals surface area (Å²) in [5.74, 6) is 0. The van der Waals surface area contributed by atoms with E-state index in [0.29, 0.717) is 18.2 Å². The summed E-state index contributed by atoms with van der Waals surface area (Å²) in [6.07, 6.45) is 4.64. The Bertz CT molecular complexity index is 415. The molecule has 1 N–H and O–H groups in total. The first kappa shape index (κ1) is 13.1. The van der Waals surface area contributed by atoms with Gasteiger partial charge < -0.3 is 10.0 Å². The standard InChI is InChI=1S/C15H20N2O/c1-17(14-4-2-3-5-14)11-15(18)13-8-6-12(10-16)7-9-13/h6-9,14-15,18H,2-5,11H2,1H3. The molecule has 1 atom stereocenters. The lowest BCUT2D eigenvalue weighted by Crippen LogP contribution is -2.33. The van der Waals surface area contributed by atoms with Crippen LogP contribution >= 0.6 is 0 Å². The summed E-state index contributed by atoms with van der Waals surface area (Å²) in [5.41, 5.74) is 1.52. The van der Waals surface area contributed by atoms with E-state index in [4.69, 9.17) is 5.26 Å². The summed E-state index contributed by atoms with van der Waals surface area (Å²) >= 11 is 0. The average Bonchev–Trinajstić information content (AvgIpc) is 2.92. The van der Waals surface area contributed by atoms with Gasteiger partial charge in [-0.15, -0.1) is 0 Å². The molecule has 96 valence electrons. The largest absolute Gasteiger partial charge is 0.387 e. The first-order chi connectivity index (χ1) is 8.70. The SMILES string of the molecule is CN(CC(O)c1ccc(C#N)cc1)C1CCCC1. The first-order valence-corrected chi connectivity index (χ1v) is 6.59. The molecule has 0 aliphatic heterocycles. The molecule has 1 aromatic rings. The zero-order valence-corrected chi connectivity index (χ0v) is 10.8. The van der Waals surface area contributed by atoms with Crippen LogP contribution in [0.15, 0.2) is 24.3 Å². The molecule has 1 aromatic carbocycles. The Morgan fingerprint density at radius 3 is 2.50 bits per heavy atom. The fourth-order valence-corrected chi connectivity index (χ4v) is 2.65. The molecule has 1 fully saturated rings. The van der Waals surface area contributed by atoms with Gasteiger partial charge in [0.2, 0.25) is 0 Å². The van der Waals surface area contributed by atoms with Gasteiger partial charge in [-0.3, -0.25) is 0 Å². The van der Waals surface area contributed by atoms with Crippen LogP contribution < -0.4 is 0 Å². The minimum Gasteiger partial charge on any atom is -0.387 e.